The van der Waals surface area contributed by atoms with Gasteiger partial charge in [-0.15, -0.1) is 0 Å². The van der Waals surface area contributed by atoms with Gasteiger partial charge in [-0.05, 0) is 30.5 Å². The largest absolute Gasteiger partial charge is 0.466 e. The molecule has 1 aromatic rings. The minimum Gasteiger partial charge on any atom is -0.466 e. The van der Waals surface area contributed by atoms with Crippen molar-refractivity contribution in [2.45, 2.75) is 44.9 Å². The van der Waals surface area contributed by atoms with Crippen LogP contribution in [-0.4, -0.2) is 17.7 Å². The molecule has 0 aliphatic rings. The van der Waals surface area contributed by atoms with Gasteiger partial charge in [-0.1, -0.05) is 25.5 Å². The molecule has 3 nitrogen and oxygen atoms in total. The molecule has 1 rings (SSSR count). The van der Waals surface area contributed by atoms with E-state index in [2.05, 4.69) is 0 Å². The molecule has 0 aliphatic carbocycles. The number of halogens is 3. The van der Waals surface area contributed by atoms with Gasteiger partial charge in [0.1, 0.15) is 0 Å². The van der Waals surface area contributed by atoms with Crippen molar-refractivity contribution in [3.05, 3.63) is 35.4 Å². The third kappa shape index (κ3) is 6.16. The summed E-state index contributed by atoms with van der Waals surface area (Å²) in [6, 6.07) is 4.27. The Bertz CT molecular complexity index is 440. The Labute approximate surface area is 121 Å². The topological polar surface area (TPSA) is 46.5 Å². The quantitative estimate of drug-likeness (QED) is 0.614. The summed E-state index contributed by atoms with van der Waals surface area (Å²) in [6.45, 7) is 2.33. The van der Waals surface area contributed by atoms with Crippen molar-refractivity contribution in [2.24, 2.45) is 0 Å². The number of unbranched alkanes of at least 4 members (excludes halogenated alkanes) is 1. The van der Waals surface area contributed by atoms with E-state index >= 15 is 0 Å². The van der Waals surface area contributed by atoms with Crippen LogP contribution in [0.5, 0.6) is 0 Å². The number of ether oxygens (including phenoxy) is 1. The molecule has 0 radical (unpaired) electrons. The zero-order chi connectivity index (χ0) is 15.9. The number of alkyl halides is 3. The fraction of sp³-hybridized carbons (Fsp3) is 0.533. The molecular formula is C15H19F3O3. The van der Waals surface area contributed by atoms with Crippen molar-refractivity contribution in [3.63, 3.8) is 0 Å². The summed E-state index contributed by atoms with van der Waals surface area (Å²) in [5.41, 5.74) is -0.415. The highest BCUT2D eigenvalue weighted by Gasteiger charge is 2.30. The number of benzene rings is 1. The number of aliphatic hydroxyl groups excluding tert-OH is 1. The molecule has 0 amide bonds. The maximum absolute atomic E-state index is 12.4. The van der Waals surface area contributed by atoms with Crippen molar-refractivity contribution in [1.29, 1.82) is 0 Å². The molecule has 0 saturated carbocycles. The number of rotatable bonds is 7. The average molecular weight is 304 g/mol. The maximum atomic E-state index is 12.4. The molecule has 0 aromatic heterocycles. The van der Waals surface area contributed by atoms with Gasteiger partial charge in [-0.25, -0.2) is 0 Å². The first-order valence-corrected chi connectivity index (χ1v) is 6.85. The van der Waals surface area contributed by atoms with Gasteiger partial charge < -0.3 is 9.84 Å². The molecule has 0 saturated heterocycles. The number of carbonyl (C=O) groups is 1. The van der Waals surface area contributed by atoms with Crippen molar-refractivity contribution < 1.29 is 27.8 Å². The first kappa shape index (κ1) is 17.5. The van der Waals surface area contributed by atoms with Crippen LogP contribution in [0, 0.1) is 0 Å². The zero-order valence-corrected chi connectivity index (χ0v) is 11.8. The molecular weight excluding hydrogens is 285 g/mol. The standard InChI is InChI=1S/C15H19F3O3/c1-2-3-10-21-14(20)9-8-13(19)11-4-6-12(7-5-11)15(16,17)18/h4-7,13,19H,2-3,8-10H2,1H3. The summed E-state index contributed by atoms with van der Waals surface area (Å²) in [5, 5.41) is 9.85. The SMILES string of the molecule is CCCCOC(=O)CCC(O)c1ccc(C(F)(F)F)cc1. The second-order valence-corrected chi connectivity index (χ2v) is 4.75. The van der Waals surface area contributed by atoms with E-state index in [1.165, 1.54) is 12.1 Å². The highest BCUT2D eigenvalue weighted by atomic mass is 19.4. The Balaban J connectivity index is 2.45. The minimum atomic E-state index is -4.40. The predicted octanol–water partition coefficient (Wildman–Crippen LogP) is 3.86. The molecule has 1 aromatic carbocycles. The van der Waals surface area contributed by atoms with Crippen LogP contribution in [0.3, 0.4) is 0 Å². The summed E-state index contributed by atoms with van der Waals surface area (Å²) in [5.74, 6) is -0.408. The summed E-state index contributed by atoms with van der Waals surface area (Å²) in [4.78, 5) is 11.4. The zero-order valence-electron chi connectivity index (χ0n) is 11.8. The normalized spacial score (nSPS) is 13.0. The van der Waals surface area contributed by atoms with Crippen LogP contribution in [-0.2, 0) is 15.7 Å². The summed E-state index contributed by atoms with van der Waals surface area (Å²) >= 11 is 0. The van der Waals surface area contributed by atoms with Crippen LogP contribution >= 0.6 is 0 Å². The number of carbonyl (C=O) groups excluding carboxylic acids is 1. The first-order chi connectivity index (χ1) is 9.84. The molecule has 6 heteroatoms. The van der Waals surface area contributed by atoms with Gasteiger partial charge in [0.05, 0.1) is 18.3 Å². The van der Waals surface area contributed by atoms with E-state index in [-0.39, 0.29) is 12.8 Å². The van der Waals surface area contributed by atoms with E-state index in [1.807, 2.05) is 6.92 Å². The van der Waals surface area contributed by atoms with Crippen molar-refractivity contribution in [2.75, 3.05) is 6.61 Å². The summed E-state index contributed by atoms with van der Waals surface area (Å²) in [6.07, 6.45) is -3.52. The predicted molar refractivity (Wildman–Crippen MR) is 71.5 cm³/mol. The van der Waals surface area contributed by atoms with Gasteiger partial charge >= 0.3 is 12.1 Å². The minimum absolute atomic E-state index is 0.0336. The lowest BCUT2D eigenvalue weighted by atomic mass is 10.0. The lowest BCUT2D eigenvalue weighted by molar-refractivity contribution is -0.144. The van der Waals surface area contributed by atoms with Crippen LogP contribution in [0.4, 0.5) is 13.2 Å². The first-order valence-electron chi connectivity index (χ1n) is 6.85. The number of esters is 1. The highest BCUT2D eigenvalue weighted by molar-refractivity contribution is 5.69. The van der Waals surface area contributed by atoms with E-state index < -0.39 is 23.8 Å². The Hall–Kier alpha value is -1.56. The van der Waals surface area contributed by atoms with Gasteiger partial charge in [-0.3, -0.25) is 4.79 Å². The van der Waals surface area contributed by atoms with Crippen LogP contribution in [0.25, 0.3) is 0 Å². The van der Waals surface area contributed by atoms with Gasteiger partial charge in [-0.2, -0.15) is 13.2 Å². The van der Waals surface area contributed by atoms with Crippen LogP contribution < -0.4 is 0 Å². The smallest absolute Gasteiger partial charge is 0.416 e. The molecule has 1 atom stereocenters. The Morgan fingerprint density at radius 3 is 2.43 bits per heavy atom. The van der Waals surface area contributed by atoms with Crippen molar-refractivity contribution in [3.8, 4) is 0 Å². The van der Waals surface area contributed by atoms with Crippen LogP contribution in [0.2, 0.25) is 0 Å². The van der Waals surface area contributed by atoms with Gasteiger partial charge in [0.25, 0.3) is 0 Å². The van der Waals surface area contributed by atoms with Gasteiger partial charge in [0, 0.05) is 6.42 Å². The van der Waals surface area contributed by atoms with Gasteiger partial charge in [0.15, 0.2) is 0 Å². The molecule has 118 valence electrons. The third-order valence-electron chi connectivity index (χ3n) is 3.01. The fourth-order valence-corrected chi connectivity index (χ4v) is 1.72. The molecule has 0 bridgehead atoms. The molecule has 0 aliphatic heterocycles. The lowest BCUT2D eigenvalue weighted by Gasteiger charge is -2.12. The molecule has 0 fully saturated rings. The van der Waals surface area contributed by atoms with Crippen LogP contribution in [0.1, 0.15) is 49.8 Å². The Kier molecular flexibility index (Phi) is 6.68. The molecule has 21 heavy (non-hydrogen) atoms. The monoisotopic (exact) mass is 304 g/mol. The maximum Gasteiger partial charge on any atom is 0.416 e. The number of hydrogen-bond donors (Lipinski definition) is 1. The molecule has 1 N–H and O–H groups in total. The number of hydrogen-bond acceptors (Lipinski definition) is 3. The van der Waals surface area contributed by atoms with E-state index in [1.54, 1.807) is 0 Å². The highest BCUT2D eigenvalue weighted by Crippen LogP contribution is 2.30. The Morgan fingerprint density at radius 1 is 1.29 bits per heavy atom. The van der Waals surface area contributed by atoms with E-state index in [4.69, 9.17) is 4.74 Å². The van der Waals surface area contributed by atoms with E-state index in [9.17, 15) is 23.1 Å². The summed E-state index contributed by atoms with van der Waals surface area (Å²) in [7, 11) is 0. The van der Waals surface area contributed by atoms with Gasteiger partial charge in [0.2, 0.25) is 0 Å². The second-order valence-electron chi connectivity index (χ2n) is 4.75. The van der Waals surface area contributed by atoms with Crippen LogP contribution in [0.15, 0.2) is 24.3 Å². The molecule has 0 spiro atoms. The van der Waals surface area contributed by atoms with E-state index in [0.29, 0.717) is 12.2 Å². The number of aliphatic hydroxyl groups is 1. The Morgan fingerprint density at radius 2 is 1.90 bits per heavy atom. The van der Waals surface area contributed by atoms with E-state index in [0.717, 1.165) is 25.0 Å². The lowest BCUT2D eigenvalue weighted by Crippen LogP contribution is -2.09. The molecule has 1 unspecified atom stereocenters. The third-order valence-corrected chi connectivity index (χ3v) is 3.01. The summed E-state index contributed by atoms with van der Waals surface area (Å²) < 4.78 is 42.1. The van der Waals surface area contributed by atoms with Crippen molar-refractivity contribution >= 4 is 5.97 Å². The average Bonchev–Trinajstić information content (AvgIpc) is 2.44. The molecule has 0 heterocycles. The van der Waals surface area contributed by atoms with Crippen molar-refractivity contribution in [1.82, 2.24) is 0 Å². The fourth-order valence-electron chi connectivity index (χ4n) is 1.72. The second kappa shape index (κ2) is 8.02.